The van der Waals surface area contributed by atoms with Crippen molar-refractivity contribution in [1.29, 1.82) is 0 Å². The highest BCUT2D eigenvalue weighted by Crippen LogP contribution is 2.33. The maximum atomic E-state index is 12.7. The van der Waals surface area contributed by atoms with Crippen molar-refractivity contribution in [3.63, 3.8) is 0 Å². The standard InChI is InChI=1S/C19H15N3O6/c23-19(12-28-14-5-1-4-13(10-14)22(24)25)21-16(18-7-3-9-27-18)11-15(20-21)17-6-2-8-26-17/h1-10,16H,11-12H2. The Morgan fingerprint density at radius 3 is 2.75 bits per heavy atom. The molecule has 0 fully saturated rings. The molecule has 0 saturated carbocycles. The minimum Gasteiger partial charge on any atom is -0.483 e. The number of amides is 1. The molecule has 1 aliphatic heterocycles. The number of rotatable bonds is 6. The third kappa shape index (κ3) is 3.50. The molecule has 1 unspecified atom stereocenters. The van der Waals surface area contributed by atoms with Gasteiger partial charge in [0.05, 0.1) is 23.5 Å². The molecule has 4 rings (SSSR count). The lowest BCUT2D eigenvalue weighted by molar-refractivity contribution is -0.384. The average Bonchev–Trinajstić information content (AvgIpc) is 3.46. The van der Waals surface area contributed by atoms with Crippen molar-refractivity contribution in [1.82, 2.24) is 5.01 Å². The van der Waals surface area contributed by atoms with Crippen LogP contribution in [-0.2, 0) is 4.79 Å². The number of furan rings is 2. The van der Waals surface area contributed by atoms with Crippen LogP contribution in [0.25, 0.3) is 0 Å². The highest BCUT2D eigenvalue weighted by atomic mass is 16.6. The summed E-state index contributed by atoms with van der Waals surface area (Å²) in [5, 5.41) is 16.5. The highest BCUT2D eigenvalue weighted by molar-refractivity contribution is 6.01. The largest absolute Gasteiger partial charge is 0.483 e. The first-order valence-electron chi connectivity index (χ1n) is 8.46. The fraction of sp³-hybridized carbons (Fsp3) is 0.158. The van der Waals surface area contributed by atoms with Crippen molar-refractivity contribution in [2.75, 3.05) is 6.61 Å². The van der Waals surface area contributed by atoms with Crippen molar-refractivity contribution in [2.24, 2.45) is 5.10 Å². The molecular formula is C19H15N3O6. The summed E-state index contributed by atoms with van der Waals surface area (Å²) in [5.41, 5.74) is 0.507. The van der Waals surface area contributed by atoms with Crippen LogP contribution in [-0.4, -0.2) is 28.2 Å². The van der Waals surface area contributed by atoms with Crippen LogP contribution in [0.3, 0.4) is 0 Å². The average molecular weight is 381 g/mol. The van der Waals surface area contributed by atoms with E-state index < -0.39 is 16.9 Å². The number of benzene rings is 1. The Labute approximate surface area is 159 Å². The van der Waals surface area contributed by atoms with Gasteiger partial charge in [-0.05, 0) is 30.3 Å². The first-order chi connectivity index (χ1) is 13.6. The van der Waals surface area contributed by atoms with Gasteiger partial charge < -0.3 is 13.6 Å². The van der Waals surface area contributed by atoms with Crippen LogP contribution in [0.2, 0.25) is 0 Å². The van der Waals surface area contributed by atoms with E-state index in [1.807, 2.05) is 0 Å². The Kier molecular flexibility index (Phi) is 4.63. The molecule has 2 aromatic heterocycles. The number of hydrogen-bond donors (Lipinski definition) is 0. The van der Waals surface area contributed by atoms with Gasteiger partial charge in [0.15, 0.2) is 6.61 Å². The van der Waals surface area contributed by atoms with Gasteiger partial charge in [0.1, 0.15) is 29.0 Å². The lowest BCUT2D eigenvalue weighted by Gasteiger charge is -2.19. The van der Waals surface area contributed by atoms with E-state index in [0.29, 0.717) is 23.7 Å². The molecule has 0 radical (unpaired) electrons. The molecule has 1 atom stereocenters. The summed E-state index contributed by atoms with van der Waals surface area (Å²) >= 11 is 0. The number of hydrazone groups is 1. The van der Waals surface area contributed by atoms with Gasteiger partial charge in [0.2, 0.25) is 0 Å². The van der Waals surface area contributed by atoms with E-state index in [4.69, 9.17) is 13.6 Å². The molecule has 3 heterocycles. The van der Waals surface area contributed by atoms with Gasteiger partial charge in [-0.25, -0.2) is 5.01 Å². The van der Waals surface area contributed by atoms with Crippen LogP contribution < -0.4 is 4.74 Å². The van der Waals surface area contributed by atoms with Crippen molar-refractivity contribution in [3.05, 3.63) is 82.7 Å². The Hall–Kier alpha value is -3.88. The van der Waals surface area contributed by atoms with E-state index in [1.165, 1.54) is 35.7 Å². The molecule has 0 aliphatic carbocycles. The highest BCUT2D eigenvalue weighted by Gasteiger charge is 2.35. The zero-order valence-electron chi connectivity index (χ0n) is 14.6. The topological polar surface area (TPSA) is 111 Å². The van der Waals surface area contributed by atoms with E-state index in [2.05, 4.69) is 5.10 Å². The van der Waals surface area contributed by atoms with E-state index in [-0.39, 0.29) is 18.0 Å². The molecule has 28 heavy (non-hydrogen) atoms. The van der Waals surface area contributed by atoms with Gasteiger partial charge in [-0.2, -0.15) is 5.10 Å². The fourth-order valence-corrected chi connectivity index (χ4v) is 2.93. The molecule has 0 N–H and O–H groups in total. The van der Waals surface area contributed by atoms with Crippen LogP contribution >= 0.6 is 0 Å². The van der Waals surface area contributed by atoms with Crippen molar-refractivity contribution < 1.29 is 23.3 Å². The van der Waals surface area contributed by atoms with Crippen LogP contribution in [0.4, 0.5) is 5.69 Å². The lowest BCUT2D eigenvalue weighted by Crippen LogP contribution is -2.31. The minimum absolute atomic E-state index is 0.113. The van der Waals surface area contributed by atoms with E-state index in [1.54, 1.807) is 30.3 Å². The maximum absolute atomic E-state index is 12.7. The number of ether oxygens (including phenoxy) is 1. The smallest absolute Gasteiger partial charge is 0.281 e. The normalized spacial score (nSPS) is 16.1. The molecule has 1 aromatic carbocycles. The van der Waals surface area contributed by atoms with Crippen molar-refractivity contribution >= 4 is 17.3 Å². The molecular weight excluding hydrogens is 366 g/mol. The number of nitro benzene ring substituents is 1. The Morgan fingerprint density at radius 2 is 2.04 bits per heavy atom. The first kappa shape index (κ1) is 17.5. The van der Waals surface area contributed by atoms with Crippen molar-refractivity contribution in [2.45, 2.75) is 12.5 Å². The monoisotopic (exact) mass is 381 g/mol. The van der Waals surface area contributed by atoms with Crippen molar-refractivity contribution in [3.8, 4) is 5.75 Å². The van der Waals surface area contributed by atoms with Crippen LogP contribution in [0.1, 0.15) is 24.0 Å². The minimum atomic E-state index is -0.526. The summed E-state index contributed by atoms with van der Waals surface area (Å²) in [5.74, 6) is 0.987. The van der Waals surface area contributed by atoms with Crippen LogP contribution in [0.15, 0.2) is 75.0 Å². The summed E-state index contributed by atoms with van der Waals surface area (Å²) < 4.78 is 16.3. The lowest BCUT2D eigenvalue weighted by atomic mass is 10.1. The number of non-ortho nitro benzene ring substituents is 1. The Balaban J connectivity index is 1.52. The molecule has 1 aliphatic rings. The molecule has 0 bridgehead atoms. The number of carbonyl (C=O) groups excluding carboxylic acids is 1. The number of carbonyl (C=O) groups is 1. The predicted molar refractivity (Wildman–Crippen MR) is 96.7 cm³/mol. The fourth-order valence-electron chi connectivity index (χ4n) is 2.93. The van der Waals surface area contributed by atoms with Gasteiger partial charge in [-0.15, -0.1) is 0 Å². The molecule has 9 nitrogen and oxygen atoms in total. The Bertz CT molecular complexity index is 1010. The number of nitro groups is 1. The maximum Gasteiger partial charge on any atom is 0.281 e. The third-order valence-electron chi connectivity index (χ3n) is 4.23. The molecule has 9 heteroatoms. The van der Waals surface area contributed by atoms with Gasteiger partial charge in [0.25, 0.3) is 11.6 Å². The van der Waals surface area contributed by atoms with E-state index in [9.17, 15) is 14.9 Å². The third-order valence-corrected chi connectivity index (χ3v) is 4.23. The zero-order chi connectivity index (χ0) is 19.5. The van der Waals surface area contributed by atoms with E-state index in [0.717, 1.165) is 0 Å². The first-order valence-corrected chi connectivity index (χ1v) is 8.46. The summed E-state index contributed by atoms with van der Waals surface area (Å²) in [7, 11) is 0. The number of hydrogen-bond acceptors (Lipinski definition) is 7. The van der Waals surface area contributed by atoms with Gasteiger partial charge in [-0.1, -0.05) is 6.07 Å². The molecule has 1 amide bonds. The van der Waals surface area contributed by atoms with Gasteiger partial charge in [0, 0.05) is 12.5 Å². The zero-order valence-corrected chi connectivity index (χ0v) is 14.6. The summed E-state index contributed by atoms with van der Waals surface area (Å²) in [4.78, 5) is 23.1. The summed E-state index contributed by atoms with van der Waals surface area (Å²) in [6, 6.07) is 12.3. The molecule has 142 valence electrons. The van der Waals surface area contributed by atoms with E-state index >= 15 is 0 Å². The summed E-state index contributed by atoms with van der Waals surface area (Å²) in [6.45, 7) is -0.326. The van der Waals surface area contributed by atoms with Crippen LogP contribution in [0, 0.1) is 10.1 Å². The molecule has 0 spiro atoms. The summed E-state index contributed by atoms with van der Waals surface area (Å²) in [6.07, 6.45) is 3.50. The second kappa shape index (κ2) is 7.39. The predicted octanol–water partition coefficient (Wildman–Crippen LogP) is 3.54. The molecule has 3 aromatic rings. The second-order valence-corrected chi connectivity index (χ2v) is 6.04. The number of nitrogens with zero attached hydrogens (tertiary/aromatic N) is 3. The second-order valence-electron chi connectivity index (χ2n) is 6.04. The SMILES string of the molecule is O=C(COc1cccc([N+](=O)[O-])c1)N1N=C(c2ccco2)CC1c1ccco1. The van der Waals surface area contributed by atoms with Crippen LogP contribution in [0.5, 0.6) is 5.75 Å². The molecule has 0 saturated heterocycles. The Morgan fingerprint density at radius 1 is 1.21 bits per heavy atom. The quantitative estimate of drug-likeness (QED) is 0.477. The van der Waals surface area contributed by atoms with Gasteiger partial charge in [-0.3, -0.25) is 14.9 Å². The van der Waals surface area contributed by atoms with Gasteiger partial charge >= 0.3 is 0 Å².